The first-order valence-electron chi connectivity index (χ1n) is 4.97. The average molecular weight is 240 g/mol. The van der Waals surface area contributed by atoms with E-state index < -0.39 is 10.5 Å². The summed E-state index contributed by atoms with van der Waals surface area (Å²) in [6, 6.07) is 0. The van der Waals surface area contributed by atoms with Gasteiger partial charge in [0.2, 0.25) is 11.6 Å². The molecule has 1 fully saturated rings. The van der Waals surface area contributed by atoms with Crippen molar-refractivity contribution >= 4 is 17.3 Å². The van der Waals surface area contributed by atoms with Gasteiger partial charge in [0.25, 0.3) is 0 Å². The Kier molecular flexibility index (Phi) is 2.77. The zero-order chi connectivity index (χ0) is 12.5. The van der Waals surface area contributed by atoms with Gasteiger partial charge in [-0.05, 0) is 12.8 Å². The Labute approximate surface area is 96.2 Å². The molecule has 0 atom stereocenters. The molecular weight excluding hydrogens is 228 g/mol. The molecule has 1 aromatic rings. The van der Waals surface area contributed by atoms with Crippen LogP contribution in [0.15, 0.2) is 6.33 Å². The number of nitrogens with one attached hydrogen (secondary N) is 2. The number of nitrogens with two attached hydrogens (primary N) is 1. The maximum Gasteiger partial charge on any atom is 0.354 e. The fourth-order valence-electron chi connectivity index (χ4n) is 1.47. The molecule has 9 nitrogen and oxygen atoms in total. The summed E-state index contributed by atoms with van der Waals surface area (Å²) in [5, 5.41) is 22.9. The van der Waals surface area contributed by atoms with E-state index in [0.29, 0.717) is 0 Å². The van der Waals surface area contributed by atoms with Crippen LogP contribution in [0.25, 0.3) is 0 Å². The lowest BCUT2D eigenvalue weighted by atomic mass is 10.3. The van der Waals surface area contributed by atoms with Crippen LogP contribution in [0.5, 0.6) is 0 Å². The predicted molar refractivity (Wildman–Crippen MR) is 59.2 cm³/mol. The van der Waals surface area contributed by atoms with Crippen molar-refractivity contribution < 1.29 is 10.0 Å². The van der Waals surface area contributed by atoms with Crippen LogP contribution in [0.1, 0.15) is 12.8 Å². The monoisotopic (exact) mass is 240 g/mol. The molecule has 9 heteroatoms. The average Bonchev–Trinajstić information content (AvgIpc) is 3.08. The first-order chi connectivity index (χ1) is 8.12. The van der Waals surface area contributed by atoms with Crippen LogP contribution in [-0.4, -0.2) is 32.1 Å². The number of nitro groups is 1. The molecule has 1 aliphatic carbocycles. The van der Waals surface area contributed by atoms with Crippen molar-refractivity contribution in [2.24, 2.45) is 5.84 Å². The third-order valence-corrected chi connectivity index (χ3v) is 2.68. The second kappa shape index (κ2) is 4.11. The standard InChI is InChI=1S/C8H12N6O3/c9-13-7-5(14(16)17)6(10-4-11-7)12-8(3-15)1-2-8/h4,15H,1-3,9H2,(H2,10,11,12,13). The summed E-state index contributed by atoms with van der Waals surface area (Å²) in [5.41, 5.74) is 1.33. The smallest absolute Gasteiger partial charge is 0.354 e. The lowest BCUT2D eigenvalue weighted by Gasteiger charge is -2.15. The number of hydrogen-bond acceptors (Lipinski definition) is 8. The third kappa shape index (κ3) is 2.10. The number of aliphatic hydroxyl groups is 1. The zero-order valence-electron chi connectivity index (χ0n) is 8.88. The maximum absolute atomic E-state index is 10.9. The molecule has 2 rings (SSSR count). The predicted octanol–water partition coefficient (Wildman–Crippen LogP) is -0.393. The molecule has 17 heavy (non-hydrogen) atoms. The second-order valence-corrected chi connectivity index (χ2v) is 3.88. The van der Waals surface area contributed by atoms with Crippen molar-refractivity contribution in [1.29, 1.82) is 0 Å². The molecule has 0 unspecified atom stereocenters. The van der Waals surface area contributed by atoms with Crippen molar-refractivity contribution in [2.75, 3.05) is 17.3 Å². The summed E-state index contributed by atoms with van der Waals surface area (Å²) >= 11 is 0. The summed E-state index contributed by atoms with van der Waals surface area (Å²) < 4.78 is 0. The fraction of sp³-hybridized carbons (Fsp3) is 0.500. The Balaban J connectivity index is 2.36. The molecule has 0 aromatic carbocycles. The first kappa shape index (κ1) is 11.5. The number of aliphatic hydroxyl groups excluding tert-OH is 1. The molecule has 0 radical (unpaired) electrons. The second-order valence-electron chi connectivity index (χ2n) is 3.88. The molecule has 5 N–H and O–H groups in total. The minimum Gasteiger partial charge on any atom is -0.394 e. The summed E-state index contributed by atoms with van der Waals surface area (Å²) in [6.45, 7) is -0.0977. The molecule has 92 valence electrons. The van der Waals surface area contributed by atoms with Gasteiger partial charge >= 0.3 is 5.69 Å². The Morgan fingerprint density at radius 2 is 2.18 bits per heavy atom. The van der Waals surface area contributed by atoms with E-state index in [4.69, 9.17) is 10.9 Å². The zero-order valence-corrected chi connectivity index (χ0v) is 8.88. The quantitative estimate of drug-likeness (QED) is 0.310. The normalized spacial score (nSPS) is 16.4. The van der Waals surface area contributed by atoms with Crippen LogP contribution >= 0.6 is 0 Å². The highest BCUT2D eigenvalue weighted by atomic mass is 16.6. The molecule has 1 heterocycles. The molecule has 1 saturated carbocycles. The Morgan fingerprint density at radius 1 is 1.53 bits per heavy atom. The molecule has 1 aromatic heterocycles. The van der Waals surface area contributed by atoms with Crippen molar-refractivity contribution in [3.8, 4) is 0 Å². The van der Waals surface area contributed by atoms with Gasteiger partial charge in [-0.2, -0.15) is 0 Å². The van der Waals surface area contributed by atoms with Gasteiger partial charge in [-0.3, -0.25) is 10.1 Å². The van der Waals surface area contributed by atoms with Gasteiger partial charge in [-0.1, -0.05) is 0 Å². The summed E-state index contributed by atoms with van der Waals surface area (Å²) in [6.07, 6.45) is 2.66. The van der Waals surface area contributed by atoms with Gasteiger partial charge in [0.15, 0.2) is 0 Å². The fourth-order valence-corrected chi connectivity index (χ4v) is 1.47. The molecule has 0 aliphatic heterocycles. The minimum absolute atomic E-state index is 0.0597. The number of aromatic nitrogens is 2. The van der Waals surface area contributed by atoms with Crippen molar-refractivity contribution in [1.82, 2.24) is 9.97 Å². The van der Waals surface area contributed by atoms with Gasteiger partial charge in [-0.25, -0.2) is 15.8 Å². The number of rotatable bonds is 5. The van der Waals surface area contributed by atoms with E-state index in [1.165, 1.54) is 0 Å². The number of anilines is 2. The SMILES string of the molecule is NNc1ncnc(NC2(CO)CC2)c1[N+](=O)[O-]. The molecule has 0 spiro atoms. The molecule has 0 saturated heterocycles. The van der Waals surface area contributed by atoms with Crippen LogP contribution in [0.3, 0.4) is 0 Å². The highest BCUT2D eigenvalue weighted by molar-refractivity contribution is 5.69. The van der Waals surface area contributed by atoms with Crippen LogP contribution in [0.4, 0.5) is 17.3 Å². The van der Waals surface area contributed by atoms with E-state index in [9.17, 15) is 10.1 Å². The molecular formula is C8H12N6O3. The van der Waals surface area contributed by atoms with Gasteiger partial charge in [-0.15, -0.1) is 0 Å². The van der Waals surface area contributed by atoms with E-state index in [-0.39, 0.29) is 23.9 Å². The van der Waals surface area contributed by atoms with Crippen LogP contribution in [0.2, 0.25) is 0 Å². The van der Waals surface area contributed by atoms with E-state index in [2.05, 4.69) is 20.7 Å². The van der Waals surface area contributed by atoms with E-state index in [1.807, 2.05) is 0 Å². The Hall–Kier alpha value is -2.00. The van der Waals surface area contributed by atoms with E-state index in [0.717, 1.165) is 19.2 Å². The van der Waals surface area contributed by atoms with Crippen LogP contribution < -0.4 is 16.6 Å². The van der Waals surface area contributed by atoms with Crippen LogP contribution in [0, 0.1) is 10.1 Å². The summed E-state index contributed by atoms with van der Waals surface area (Å²) in [7, 11) is 0. The number of nitrogen functional groups attached to an aromatic ring is 1. The number of hydrogen-bond donors (Lipinski definition) is 4. The highest BCUT2D eigenvalue weighted by Crippen LogP contribution is 2.40. The first-order valence-corrected chi connectivity index (χ1v) is 4.97. The van der Waals surface area contributed by atoms with Crippen molar-refractivity contribution in [2.45, 2.75) is 18.4 Å². The molecule has 0 bridgehead atoms. The largest absolute Gasteiger partial charge is 0.394 e. The lowest BCUT2D eigenvalue weighted by molar-refractivity contribution is -0.383. The molecule has 1 aliphatic rings. The lowest BCUT2D eigenvalue weighted by Crippen LogP contribution is -2.27. The van der Waals surface area contributed by atoms with Gasteiger partial charge < -0.3 is 15.8 Å². The minimum atomic E-state index is -0.620. The number of nitrogens with zero attached hydrogens (tertiary/aromatic N) is 3. The Bertz CT molecular complexity index is 447. The van der Waals surface area contributed by atoms with Gasteiger partial charge in [0.05, 0.1) is 17.1 Å². The van der Waals surface area contributed by atoms with Crippen molar-refractivity contribution in [3.63, 3.8) is 0 Å². The van der Waals surface area contributed by atoms with Gasteiger partial charge in [0.1, 0.15) is 6.33 Å². The van der Waals surface area contributed by atoms with Crippen molar-refractivity contribution in [3.05, 3.63) is 16.4 Å². The van der Waals surface area contributed by atoms with E-state index >= 15 is 0 Å². The number of hydrazine groups is 1. The molecule has 0 amide bonds. The van der Waals surface area contributed by atoms with E-state index in [1.54, 1.807) is 0 Å². The topological polar surface area (TPSA) is 139 Å². The van der Waals surface area contributed by atoms with Crippen LogP contribution in [-0.2, 0) is 0 Å². The maximum atomic E-state index is 10.9. The third-order valence-electron chi connectivity index (χ3n) is 2.68. The Morgan fingerprint density at radius 3 is 2.65 bits per heavy atom. The summed E-state index contributed by atoms with van der Waals surface area (Å²) in [4.78, 5) is 17.8. The highest BCUT2D eigenvalue weighted by Gasteiger charge is 2.44. The van der Waals surface area contributed by atoms with Gasteiger partial charge in [0, 0.05) is 0 Å². The summed E-state index contributed by atoms with van der Waals surface area (Å²) in [5.74, 6) is 5.14.